The minimum atomic E-state index is -4.07. The zero-order valence-corrected chi connectivity index (χ0v) is 9.24. The summed E-state index contributed by atoms with van der Waals surface area (Å²) in [6.07, 6.45) is 1.95. The van der Waals surface area contributed by atoms with Crippen LogP contribution in [0.4, 0.5) is 13.2 Å². The Balaban J connectivity index is 2.29. The first-order valence-electron chi connectivity index (χ1n) is 5.86. The molecule has 0 aromatic heterocycles. The van der Waals surface area contributed by atoms with Gasteiger partial charge in [-0.1, -0.05) is 32.6 Å². The van der Waals surface area contributed by atoms with Gasteiger partial charge in [-0.15, -0.1) is 0 Å². The van der Waals surface area contributed by atoms with Gasteiger partial charge in [0.1, 0.15) is 6.04 Å². The summed E-state index contributed by atoms with van der Waals surface area (Å²) >= 11 is 0. The predicted octanol–water partition coefficient (Wildman–Crippen LogP) is 3.64. The highest BCUT2D eigenvalue weighted by molar-refractivity contribution is 4.84. The van der Waals surface area contributed by atoms with Gasteiger partial charge in [-0.05, 0) is 19.3 Å². The molecule has 1 N–H and O–H groups in total. The van der Waals surface area contributed by atoms with Crippen molar-refractivity contribution in [2.45, 2.75) is 70.1 Å². The smallest absolute Gasteiger partial charge is 0.303 e. The molecule has 0 aliphatic carbocycles. The topological polar surface area (TPSA) is 12.0 Å². The quantitative estimate of drug-likeness (QED) is 0.717. The van der Waals surface area contributed by atoms with E-state index in [0.29, 0.717) is 6.42 Å². The Morgan fingerprint density at radius 1 is 1.20 bits per heavy atom. The Morgan fingerprint density at radius 3 is 2.53 bits per heavy atom. The van der Waals surface area contributed by atoms with Crippen molar-refractivity contribution in [3.05, 3.63) is 0 Å². The molecule has 4 heteroatoms. The molecular formula is C11H20F3N. The van der Waals surface area contributed by atoms with E-state index in [2.05, 4.69) is 12.2 Å². The highest BCUT2D eigenvalue weighted by Gasteiger charge is 2.41. The molecule has 1 aliphatic heterocycles. The van der Waals surface area contributed by atoms with Gasteiger partial charge in [-0.2, -0.15) is 13.2 Å². The van der Waals surface area contributed by atoms with Crippen LogP contribution in [0.2, 0.25) is 0 Å². The van der Waals surface area contributed by atoms with Crippen LogP contribution in [-0.2, 0) is 0 Å². The van der Waals surface area contributed by atoms with Gasteiger partial charge in [0, 0.05) is 6.04 Å². The minimum absolute atomic E-state index is 0.0805. The molecule has 0 spiro atoms. The van der Waals surface area contributed by atoms with Crippen molar-refractivity contribution in [1.82, 2.24) is 5.32 Å². The zero-order valence-electron chi connectivity index (χ0n) is 9.24. The summed E-state index contributed by atoms with van der Waals surface area (Å²) in [5, 5.41) is 2.73. The second-order valence-electron chi connectivity index (χ2n) is 4.38. The van der Waals surface area contributed by atoms with Crippen LogP contribution < -0.4 is 5.32 Å². The molecular weight excluding hydrogens is 203 g/mol. The van der Waals surface area contributed by atoms with Crippen LogP contribution in [0.25, 0.3) is 0 Å². The highest BCUT2D eigenvalue weighted by Crippen LogP contribution is 2.28. The molecule has 1 nitrogen and oxygen atoms in total. The number of hydrogen-bond acceptors (Lipinski definition) is 1. The molecule has 90 valence electrons. The van der Waals surface area contributed by atoms with Crippen LogP contribution in [-0.4, -0.2) is 18.3 Å². The van der Waals surface area contributed by atoms with Crippen LogP contribution in [0.5, 0.6) is 0 Å². The maximum Gasteiger partial charge on any atom is 0.403 e. The molecule has 1 heterocycles. The first kappa shape index (κ1) is 12.8. The molecule has 0 saturated carbocycles. The number of halogens is 3. The van der Waals surface area contributed by atoms with Crippen molar-refractivity contribution in [2.75, 3.05) is 0 Å². The average Bonchev–Trinajstić information content (AvgIpc) is 2.17. The van der Waals surface area contributed by atoms with E-state index >= 15 is 0 Å². The Kier molecular flexibility index (Phi) is 4.90. The second-order valence-corrected chi connectivity index (χ2v) is 4.38. The predicted molar refractivity (Wildman–Crippen MR) is 54.8 cm³/mol. The Hall–Kier alpha value is -0.250. The van der Waals surface area contributed by atoms with E-state index in [0.717, 1.165) is 32.1 Å². The fourth-order valence-electron chi connectivity index (χ4n) is 2.15. The van der Waals surface area contributed by atoms with Crippen molar-refractivity contribution < 1.29 is 13.2 Å². The largest absolute Gasteiger partial charge is 0.403 e. The van der Waals surface area contributed by atoms with Crippen LogP contribution >= 0.6 is 0 Å². The van der Waals surface area contributed by atoms with E-state index in [1.165, 1.54) is 0 Å². The standard InChI is InChI=1S/C11H20F3N/c1-2-3-4-6-9-7-5-8-10(15-9)11(12,13)14/h9-10,15H,2-8H2,1H3. The summed E-state index contributed by atoms with van der Waals surface area (Å²) in [6, 6.07) is -1.19. The normalized spacial score (nSPS) is 28.0. The summed E-state index contributed by atoms with van der Waals surface area (Å²) in [4.78, 5) is 0. The Labute approximate surface area is 89.4 Å². The third-order valence-electron chi connectivity index (χ3n) is 3.03. The fourth-order valence-corrected chi connectivity index (χ4v) is 2.15. The van der Waals surface area contributed by atoms with Gasteiger partial charge in [-0.25, -0.2) is 0 Å². The van der Waals surface area contributed by atoms with Gasteiger partial charge in [-0.3, -0.25) is 0 Å². The first-order chi connectivity index (χ1) is 7.04. The van der Waals surface area contributed by atoms with Gasteiger partial charge >= 0.3 is 6.18 Å². The molecule has 0 aromatic rings. The molecule has 2 unspecified atom stereocenters. The van der Waals surface area contributed by atoms with E-state index in [4.69, 9.17) is 0 Å². The molecule has 1 aliphatic rings. The lowest BCUT2D eigenvalue weighted by Gasteiger charge is -2.32. The third kappa shape index (κ3) is 4.41. The van der Waals surface area contributed by atoms with E-state index in [9.17, 15) is 13.2 Å². The number of nitrogens with one attached hydrogen (secondary N) is 1. The van der Waals surface area contributed by atoms with Gasteiger partial charge in [0.15, 0.2) is 0 Å². The molecule has 0 amide bonds. The zero-order chi connectivity index (χ0) is 11.3. The Bertz CT molecular complexity index is 179. The molecule has 15 heavy (non-hydrogen) atoms. The summed E-state index contributed by atoms with van der Waals surface area (Å²) in [5.74, 6) is 0. The van der Waals surface area contributed by atoms with Gasteiger partial charge in [0.25, 0.3) is 0 Å². The fraction of sp³-hybridized carbons (Fsp3) is 1.00. The van der Waals surface area contributed by atoms with E-state index in [1.54, 1.807) is 0 Å². The molecule has 2 atom stereocenters. The molecule has 1 saturated heterocycles. The monoisotopic (exact) mass is 223 g/mol. The van der Waals surface area contributed by atoms with E-state index in [1.807, 2.05) is 0 Å². The number of piperidine rings is 1. The van der Waals surface area contributed by atoms with Gasteiger partial charge in [0.05, 0.1) is 0 Å². The van der Waals surface area contributed by atoms with Crippen molar-refractivity contribution in [1.29, 1.82) is 0 Å². The lowest BCUT2D eigenvalue weighted by Crippen LogP contribution is -2.50. The molecule has 1 rings (SSSR count). The maximum atomic E-state index is 12.4. The average molecular weight is 223 g/mol. The summed E-state index contributed by atoms with van der Waals surface area (Å²) in [5.41, 5.74) is 0. The van der Waals surface area contributed by atoms with Crippen LogP contribution in [0.3, 0.4) is 0 Å². The van der Waals surface area contributed by atoms with Crippen molar-refractivity contribution in [3.63, 3.8) is 0 Å². The lowest BCUT2D eigenvalue weighted by molar-refractivity contribution is -0.163. The molecule has 0 radical (unpaired) electrons. The lowest BCUT2D eigenvalue weighted by atomic mass is 9.94. The van der Waals surface area contributed by atoms with Crippen molar-refractivity contribution in [3.8, 4) is 0 Å². The molecule has 1 fully saturated rings. The minimum Gasteiger partial charge on any atom is -0.303 e. The van der Waals surface area contributed by atoms with Gasteiger partial charge < -0.3 is 5.32 Å². The third-order valence-corrected chi connectivity index (χ3v) is 3.03. The molecule has 0 aromatic carbocycles. The van der Waals surface area contributed by atoms with Crippen molar-refractivity contribution >= 4 is 0 Å². The number of rotatable bonds is 4. The Morgan fingerprint density at radius 2 is 1.93 bits per heavy atom. The highest BCUT2D eigenvalue weighted by atomic mass is 19.4. The maximum absolute atomic E-state index is 12.4. The van der Waals surface area contributed by atoms with E-state index < -0.39 is 12.2 Å². The SMILES string of the molecule is CCCCCC1CCCC(C(F)(F)F)N1. The summed E-state index contributed by atoms with van der Waals surface area (Å²) in [6.45, 7) is 2.10. The van der Waals surface area contributed by atoms with E-state index in [-0.39, 0.29) is 12.5 Å². The summed E-state index contributed by atoms with van der Waals surface area (Å²) < 4.78 is 37.3. The van der Waals surface area contributed by atoms with Crippen LogP contribution in [0, 0.1) is 0 Å². The summed E-state index contributed by atoms with van der Waals surface area (Å²) in [7, 11) is 0. The van der Waals surface area contributed by atoms with Gasteiger partial charge in [0.2, 0.25) is 0 Å². The number of alkyl halides is 3. The number of unbranched alkanes of at least 4 members (excludes halogenated alkanes) is 2. The number of hydrogen-bond donors (Lipinski definition) is 1. The van der Waals surface area contributed by atoms with Crippen molar-refractivity contribution in [2.24, 2.45) is 0 Å². The van der Waals surface area contributed by atoms with Crippen LogP contribution in [0.15, 0.2) is 0 Å². The molecule has 0 bridgehead atoms. The van der Waals surface area contributed by atoms with Crippen LogP contribution in [0.1, 0.15) is 51.9 Å². The second kappa shape index (κ2) is 5.73. The first-order valence-corrected chi connectivity index (χ1v) is 5.86.